The van der Waals surface area contributed by atoms with E-state index in [2.05, 4.69) is 15.9 Å². The van der Waals surface area contributed by atoms with Crippen molar-refractivity contribution in [1.82, 2.24) is 0 Å². The van der Waals surface area contributed by atoms with Gasteiger partial charge in [-0.1, -0.05) is 40.2 Å². The molecule has 0 N–H and O–H groups in total. The van der Waals surface area contributed by atoms with E-state index in [1.54, 1.807) is 13.0 Å². The van der Waals surface area contributed by atoms with Crippen LogP contribution in [0, 0.1) is 0 Å². The van der Waals surface area contributed by atoms with Gasteiger partial charge in [-0.15, -0.1) is 0 Å². The topological polar surface area (TPSA) is 17.1 Å². The Morgan fingerprint density at radius 2 is 1.93 bits per heavy atom. The van der Waals surface area contributed by atoms with Gasteiger partial charge in [-0.2, -0.15) is 0 Å². The van der Waals surface area contributed by atoms with E-state index in [4.69, 9.17) is 0 Å². The third kappa shape index (κ3) is 2.38. The minimum absolute atomic E-state index is 0.0897. The van der Waals surface area contributed by atoms with Gasteiger partial charge in [0.25, 0.3) is 6.43 Å². The Labute approximate surface area is 89.3 Å². The molecular weight excluding hydrogens is 254 g/mol. The third-order valence-electron chi connectivity index (χ3n) is 1.82. The second-order valence-corrected chi connectivity index (χ2v) is 4.24. The number of carbonyl (C=O) groups is 1. The number of rotatable bonds is 3. The van der Waals surface area contributed by atoms with E-state index in [9.17, 15) is 13.6 Å². The number of hydrogen-bond donors (Lipinski definition) is 0. The van der Waals surface area contributed by atoms with Crippen LogP contribution in [0.5, 0.6) is 0 Å². The van der Waals surface area contributed by atoms with Gasteiger partial charge in [0.1, 0.15) is 0 Å². The van der Waals surface area contributed by atoms with Gasteiger partial charge in [-0.25, -0.2) is 8.78 Å². The first-order valence-electron chi connectivity index (χ1n) is 4.09. The van der Waals surface area contributed by atoms with Gasteiger partial charge in [0.05, 0.1) is 4.83 Å². The molecule has 0 saturated heterocycles. The lowest BCUT2D eigenvalue weighted by atomic mass is 10.0. The normalized spacial score (nSPS) is 12.9. The van der Waals surface area contributed by atoms with E-state index in [0.29, 0.717) is 0 Å². The molecule has 1 aromatic rings. The van der Waals surface area contributed by atoms with E-state index in [0.717, 1.165) is 0 Å². The molecule has 0 bridgehead atoms. The third-order valence-corrected chi connectivity index (χ3v) is 2.24. The van der Waals surface area contributed by atoms with Gasteiger partial charge in [-0.05, 0) is 6.92 Å². The first-order chi connectivity index (χ1) is 6.54. The van der Waals surface area contributed by atoms with Crippen LogP contribution in [0.3, 0.4) is 0 Å². The Hall–Kier alpha value is -0.770. The Bertz CT molecular complexity index is 337. The van der Waals surface area contributed by atoms with E-state index in [1.165, 1.54) is 18.2 Å². The number of ketones is 1. The molecule has 1 aromatic carbocycles. The summed E-state index contributed by atoms with van der Waals surface area (Å²) in [5.74, 6) is -0.319. The van der Waals surface area contributed by atoms with Crippen LogP contribution in [0.4, 0.5) is 8.78 Å². The summed E-state index contributed by atoms with van der Waals surface area (Å²) in [7, 11) is 0. The number of halogens is 3. The van der Waals surface area contributed by atoms with Crippen molar-refractivity contribution in [1.29, 1.82) is 0 Å². The zero-order valence-electron chi connectivity index (χ0n) is 7.51. The lowest BCUT2D eigenvalue weighted by Crippen LogP contribution is -2.12. The molecule has 1 nitrogen and oxygen atoms in total. The number of alkyl halides is 3. The molecule has 0 amide bonds. The smallest absolute Gasteiger partial charge is 0.264 e. The monoisotopic (exact) mass is 262 g/mol. The molecule has 0 spiro atoms. The standard InChI is InChI=1S/C10H9BrF2O/c1-6(11)9(14)7-4-2-3-5-8(7)10(12)13/h2-6,10H,1H3. The van der Waals surface area contributed by atoms with Crippen LogP contribution in [0.15, 0.2) is 24.3 Å². The molecule has 76 valence electrons. The SMILES string of the molecule is CC(Br)C(=O)c1ccccc1C(F)F. The first kappa shape index (κ1) is 11.3. The summed E-state index contributed by atoms with van der Waals surface area (Å²) in [6.45, 7) is 1.62. The zero-order chi connectivity index (χ0) is 10.7. The fraction of sp³-hybridized carbons (Fsp3) is 0.300. The van der Waals surface area contributed by atoms with Crippen LogP contribution in [-0.4, -0.2) is 10.6 Å². The molecule has 4 heteroatoms. The maximum absolute atomic E-state index is 12.5. The molecule has 0 aliphatic rings. The summed E-state index contributed by atoms with van der Waals surface area (Å²) in [5, 5.41) is 0. The zero-order valence-corrected chi connectivity index (χ0v) is 9.09. The molecule has 0 aliphatic heterocycles. The molecular formula is C10H9BrF2O. The molecule has 14 heavy (non-hydrogen) atoms. The highest BCUT2D eigenvalue weighted by molar-refractivity contribution is 9.10. The van der Waals surface area contributed by atoms with Crippen molar-refractivity contribution in [3.05, 3.63) is 35.4 Å². The predicted molar refractivity (Wildman–Crippen MR) is 54.1 cm³/mol. The largest absolute Gasteiger partial charge is 0.293 e. The van der Waals surface area contributed by atoms with Crippen LogP contribution >= 0.6 is 15.9 Å². The lowest BCUT2D eigenvalue weighted by Gasteiger charge is -2.08. The fourth-order valence-electron chi connectivity index (χ4n) is 1.13. The second kappa shape index (κ2) is 4.64. The Balaban J connectivity index is 3.13. The number of benzene rings is 1. The summed E-state index contributed by atoms with van der Waals surface area (Å²) in [5.41, 5.74) is -0.115. The Kier molecular flexibility index (Phi) is 3.75. The number of carbonyl (C=O) groups excluding carboxylic acids is 1. The van der Waals surface area contributed by atoms with Crippen molar-refractivity contribution in [2.75, 3.05) is 0 Å². The van der Waals surface area contributed by atoms with Crippen LogP contribution in [-0.2, 0) is 0 Å². The molecule has 1 rings (SSSR count). The van der Waals surface area contributed by atoms with Crippen LogP contribution in [0.2, 0.25) is 0 Å². The summed E-state index contributed by atoms with van der Waals surface area (Å²) in [6.07, 6.45) is -2.61. The summed E-state index contributed by atoms with van der Waals surface area (Å²) in [6, 6.07) is 5.76. The van der Waals surface area contributed by atoms with E-state index in [1.807, 2.05) is 0 Å². The van der Waals surface area contributed by atoms with Gasteiger partial charge in [0.15, 0.2) is 5.78 Å². The summed E-state index contributed by atoms with van der Waals surface area (Å²) >= 11 is 3.07. The maximum atomic E-state index is 12.5. The van der Waals surface area contributed by atoms with E-state index in [-0.39, 0.29) is 16.9 Å². The van der Waals surface area contributed by atoms with Gasteiger partial charge < -0.3 is 0 Å². The second-order valence-electron chi connectivity index (χ2n) is 2.87. The molecule has 0 radical (unpaired) electrons. The molecule has 0 aromatic heterocycles. The minimum atomic E-state index is -2.61. The van der Waals surface area contributed by atoms with Crippen molar-refractivity contribution in [3.8, 4) is 0 Å². The molecule has 0 heterocycles. The number of hydrogen-bond acceptors (Lipinski definition) is 1. The minimum Gasteiger partial charge on any atom is -0.293 e. The molecule has 0 fully saturated rings. The van der Waals surface area contributed by atoms with Crippen molar-refractivity contribution >= 4 is 21.7 Å². The summed E-state index contributed by atoms with van der Waals surface area (Å²) in [4.78, 5) is 11.0. The molecule has 1 unspecified atom stereocenters. The Morgan fingerprint density at radius 1 is 1.36 bits per heavy atom. The van der Waals surface area contributed by atoms with Crippen LogP contribution in [0.25, 0.3) is 0 Å². The van der Waals surface area contributed by atoms with Crippen molar-refractivity contribution in [2.45, 2.75) is 18.2 Å². The average molecular weight is 263 g/mol. The fourth-order valence-corrected chi connectivity index (χ4v) is 1.37. The first-order valence-corrected chi connectivity index (χ1v) is 5.01. The average Bonchev–Trinajstić information content (AvgIpc) is 2.16. The van der Waals surface area contributed by atoms with E-state index < -0.39 is 11.3 Å². The van der Waals surface area contributed by atoms with Crippen molar-refractivity contribution < 1.29 is 13.6 Å². The maximum Gasteiger partial charge on any atom is 0.264 e. The van der Waals surface area contributed by atoms with Crippen LogP contribution in [0.1, 0.15) is 29.3 Å². The summed E-state index contributed by atoms with van der Waals surface area (Å²) < 4.78 is 25.0. The van der Waals surface area contributed by atoms with Gasteiger partial charge in [-0.3, -0.25) is 4.79 Å². The molecule has 0 aliphatic carbocycles. The predicted octanol–water partition coefficient (Wildman–Crippen LogP) is 3.59. The van der Waals surface area contributed by atoms with Gasteiger partial charge in [0.2, 0.25) is 0 Å². The highest BCUT2D eigenvalue weighted by atomic mass is 79.9. The molecule has 0 saturated carbocycles. The highest BCUT2D eigenvalue weighted by Gasteiger charge is 2.19. The van der Waals surface area contributed by atoms with Gasteiger partial charge in [0, 0.05) is 11.1 Å². The van der Waals surface area contributed by atoms with Gasteiger partial charge >= 0.3 is 0 Å². The van der Waals surface area contributed by atoms with Crippen molar-refractivity contribution in [3.63, 3.8) is 0 Å². The Morgan fingerprint density at radius 3 is 2.43 bits per heavy atom. The lowest BCUT2D eigenvalue weighted by molar-refractivity contribution is 0.0982. The highest BCUT2D eigenvalue weighted by Crippen LogP contribution is 2.24. The van der Waals surface area contributed by atoms with E-state index >= 15 is 0 Å². The van der Waals surface area contributed by atoms with Crippen LogP contribution < -0.4 is 0 Å². The quantitative estimate of drug-likeness (QED) is 0.601. The van der Waals surface area contributed by atoms with Crippen molar-refractivity contribution in [2.24, 2.45) is 0 Å². The number of Topliss-reactive ketones (excluding diaryl/α,β-unsaturated/α-hetero) is 1. The molecule has 1 atom stereocenters.